The first kappa shape index (κ1) is 45.0. The van der Waals surface area contributed by atoms with E-state index in [-0.39, 0.29) is 47.5 Å². The highest BCUT2D eigenvalue weighted by molar-refractivity contribution is 5.92. The molecule has 0 aliphatic carbocycles. The number of aromatic amines is 2. The average molecular weight is 903 g/mol. The van der Waals surface area contributed by atoms with Crippen molar-refractivity contribution in [1.29, 1.82) is 0 Å². The van der Waals surface area contributed by atoms with Crippen molar-refractivity contribution in [2.75, 3.05) is 13.1 Å². The summed E-state index contributed by atoms with van der Waals surface area (Å²) in [6.07, 6.45) is 14.0. The van der Waals surface area contributed by atoms with Crippen LogP contribution in [0.2, 0.25) is 0 Å². The van der Waals surface area contributed by atoms with E-state index in [0.717, 1.165) is 87.5 Å². The number of amides is 4. The lowest BCUT2D eigenvalue weighted by Gasteiger charge is -2.30. The van der Waals surface area contributed by atoms with E-state index in [1.54, 1.807) is 37.2 Å². The number of H-pyrrole nitrogens is 2. The predicted octanol–water partition coefficient (Wildman–Crippen LogP) is 8.59. The summed E-state index contributed by atoms with van der Waals surface area (Å²) in [4.78, 5) is 74.4. The van der Waals surface area contributed by atoms with Gasteiger partial charge < -0.3 is 39.9 Å². The van der Waals surface area contributed by atoms with Crippen molar-refractivity contribution in [3.05, 3.63) is 132 Å². The lowest BCUT2D eigenvalue weighted by molar-refractivity contribution is -0.138. The van der Waals surface area contributed by atoms with Crippen molar-refractivity contribution < 1.29 is 28.7 Å². The minimum absolute atomic E-state index is 0.155. The smallest absolute Gasteiger partial charge is 0.250 e. The fourth-order valence-electron chi connectivity index (χ4n) is 9.51. The van der Waals surface area contributed by atoms with Crippen molar-refractivity contribution in [3.8, 4) is 45.1 Å². The van der Waals surface area contributed by atoms with Gasteiger partial charge in [-0.15, -0.1) is 0 Å². The topological polar surface area (TPSA) is 175 Å². The van der Waals surface area contributed by atoms with Crippen molar-refractivity contribution in [3.63, 3.8) is 0 Å². The van der Waals surface area contributed by atoms with E-state index in [4.69, 9.17) is 19.4 Å². The molecule has 4 atom stereocenters. The molecule has 9 rings (SSSR count). The fourth-order valence-corrected chi connectivity index (χ4v) is 9.51. The highest BCUT2D eigenvalue weighted by Gasteiger charge is 2.39. The molecule has 6 heterocycles. The first-order valence-electron chi connectivity index (χ1n) is 23.3. The van der Waals surface area contributed by atoms with Crippen LogP contribution in [0.15, 0.2) is 103 Å². The monoisotopic (exact) mass is 902 g/mol. The molecule has 0 spiro atoms. The summed E-state index contributed by atoms with van der Waals surface area (Å²) in [6.45, 7) is 15.1. The van der Waals surface area contributed by atoms with Crippen LogP contribution in [0.5, 0.6) is 11.5 Å². The quantitative estimate of drug-likeness (QED) is 0.0802. The Balaban J connectivity index is 0.933. The van der Waals surface area contributed by atoms with E-state index in [0.29, 0.717) is 43.5 Å². The van der Waals surface area contributed by atoms with Crippen LogP contribution < -0.4 is 20.1 Å². The third-order valence-corrected chi connectivity index (χ3v) is 13.1. The summed E-state index contributed by atoms with van der Waals surface area (Å²) < 4.78 is 13.0. The molecule has 346 valence electrons. The van der Waals surface area contributed by atoms with Gasteiger partial charge in [0.05, 0.1) is 35.9 Å². The maximum Gasteiger partial charge on any atom is 0.250 e. The molecule has 4 N–H and O–H groups in total. The van der Waals surface area contributed by atoms with Crippen molar-refractivity contribution in [2.24, 2.45) is 11.8 Å². The number of benzene rings is 3. The fraction of sp³-hybridized carbons (Fsp3) is 0.358. The summed E-state index contributed by atoms with van der Waals surface area (Å²) >= 11 is 0. The molecule has 14 heteroatoms. The van der Waals surface area contributed by atoms with Crippen LogP contribution in [-0.2, 0) is 32.4 Å². The lowest BCUT2D eigenvalue weighted by Crippen LogP contribution is -2.50. The van der Waals surface area contributed by atoms with Gasteiger partial charge in [-0.05, 0) is 68.0 Å². The van der Waals surface area contributed by atoms with Gasteiger partial charge in [-0.1, -0.05) is 88.9 Å². The lowest BCUT2D eigenvalue weighted by atomic mass is 9.87. The van der Waals surface area contributed by atoms with Gasteiger partial charge in [-0.2, -0.15) is 0 Å². The number of nitrogens with zero attached hydrogens (tertiary/aromatic N) is 4. The number of carbonyl (C=O) groups is 4. The van der Waals surface area contributed by atoms with Crippen LogP contribution in [0.4, 0.5) is 0 Å². The first-order valence-corrected chi connectivity index (χ1v) is 23.3. The molecule has 4 amide bonds. The molecule has 3 aromatic carbocycles. The third kappa shape index (κ3) is 8.92. The zero-order chi connectivity index (χ0) is 46.9. The Kier molecular flexibility index (Phi) is 12.7. The Morgan fingerprint density at radius 3 is 1.78 bits per heavy atom. The first-order chi connectivity index (χ1) is 32.4. The number of carbonyl (C=O) groups excluding carboxylic acids is 4. The van der Waals surface area contributed by atoms with E-state index >= 15 is 0 Å². The molecule has 0 radical (unpaired) electrons. The van der Waals surface area contributed by atoms with Gasteiger partial charge in [-0.3, -0.25) is 19.2 Å². The molecule has 2 saturated heterocycles. The van der Waals surface area contributed by atoms with Crippen LogP contribution in [0.25, 0.3) is 33.6 Å². The average Bonchev–Trinajstić information content (AvgIpc) is 4.19. The Bertz CT molecular complexity index is 2730. The molecule has 5 aromatic rings. The van der Waals surface area contributed by atoms with E-state index in [1.165, 1.54) is 0 Å². The normalized spacial score (nSPS) is 18.3. The predicted molar refractivity (Wildman–Crippen MR) is 255 cm³/mol. The summed E-state index contributed by atoms with van der Waals surface area (Å²) in [6, 6.07) is 15.4. The summed E-state index contributed by atoms with van der Waals surface area (Å²) in [5.74, 6) is 1.56. The molecule has 2 fully saturated rings. The van der Waals surface area contributed by atoms with E-state index < -0.39 is 12.1 Å². The second-order valence-electron chi connectivity index (χ2n) is 18.4. The van der Waals surface area contributed by atoms with Gasteiger partial charge in [0, 0.05) is 58.3 Å². The zero-order valence-corrected chi connectivity index (χ0v) is 38.7. The Hall–Kier alpha value is -7.22. The van der Waals surface area contributed by atoms with Crippen LogP contribution in [0.3, 0.4) is 0 Å². The maximum atomic E-state index is 14.2. The second-order valence-corrected chi connectivity index (χ2v) is 18.4. The maximum absolute atomic E-state index is 14.2. The molecule has 14 nitrogen and oxygen atoms in total. The van der Waals surface area contributed by atoms with Gasteiger partial charge in [0.15, 0.2) is 0 Å². The number of ether oxygens (including phenoxy) is 2. The molecule has 0 saturated carbocycles. The highest BCUT2D eigenvalue weighted by Crippen LogP contribution is 2.51. The van der Waals surface area contributed by atoms with Gasteiger partial charge in [0.1, 0.15) is 48.4 Å². The van der Waals surface area contributed by atoms with Crippen molar-refractivity contribution >= 4 is 23.6 Å². The number of hydrogen-bond donors (Lipinski definition) is 4. The molecular formula is C53H58N8O6. The van der Waals surface area contributed by atoms with Gasteiger partial charge >= 0.3 is 0 Å². The number of nitrogens with one attached hydrogen (secondary N) is 4. The highest BCUT2D eigenvalue weighted by atomic mass is 16.5. The summed E-state index contributed by atoms with van der Waals surface area (Å²) in [5, 5.41) is 5.92. The summed E-state index contributed by atoms with van der Waals surface area (Å²) in [7, 11) is 0. The SMILES string of the molecule is C=C(/C=C\C=C/C)[C@@H](NC(=O)C(C)C)C(=O)N1CCC[C@H]1c1ncc(-c2cc3c4c(c2)OCc2cc(-c5cnc([C@@H]6CCCN6C(=O)[C@H](NC(=O)C(C)C)c6ccccc6)[nH]5)cc(c2-4)OC3)[nH]1. The number of aromatic nitrogens is 4. The molecule has 0 bridgehead atoms. The number of hydrogen-bond acceptors (Lipinski definition) is 8. The van der Waals surface area contributed by atoms with Crippen LogP contribution in [0.1, 0.15) is 107 Å². The molecule has 4 aliphatic rings. The molecule has 4 aliphatic heterocycles. The van der Waals surface area contributed by atoms with Crippen LogP contribution in [-0.4, -0.2) is 72.5 Å². The van der Waals surface area contributed by atoms with Gasteiger partial charge in [0.25, 0.3) is 0 Å². The van der Waals surface area contributed by atoms with Gasteiger partial charge in [-0.25, -0.2) is 9.97 Å². The Morgan fingerprint density at radius 1 is 0.731 bits per heavy atom. The number of rotatable bonds is 14. The van der Waals surface area contributed by atoms with Crippen molar-refractivity contribution in [2.45, 2.75) is 97.7 Å². The third-order valence-electron chi connectivity index (χ3n) is 13.1. The standard InChI is InChI=1S/C53H58N8O6/c1-7-8-10-15-32(6)46(58-50(62)30(2)3)52(64)60-20-13-18-40(60)48-54-26-38(56-48)34-22-36-28-67-43-25-35(23-37-29-66-42(24-34)44(36)45(37)43)39-27-55-49(57-39)41-19-14-21-61(41)53(65)47(59-51(63)31(4)5)33-16-11-9-12-17-33/h7-12,15-17,22-27,30-31,40-41,46-47H,6,13-14,18-21,28-29H2,1-5H3,(H,54,56)(H,55,57)(H,58,62)(H,59,63)/b8-7-,15-10-/t40-,41-,46+,47+/m0/s1. The Labute approximate surface area is 391 Å². The van der Waals surface area contributed by atoms with Crippen LogP contribution >= 0.6 is 0 Å². The Morgan fingerprint density at radius 2 is 1.25 bits per heavy atom. The number of allylic oxidation sites excluding steroid dienone is 3. The largest absolute Gasteiger partial charge is 0.488 e. The molecule has 2 aromatic heterocycles. The molecule has 67 heavy (non-hydrogen) atoms. The van der Waals surface area contributed by atoms with Crippen LogP contribution in [0, 0.1) is 11.8 Å². The second kappa shape index (κ2) is 18.9. The minimum atomic E-state index is -0.899. The number of imidazole rings is 2. The molecule has 0 unspecified atom stereocenters. The number of likely N-dealkylation sites (tertiary alicyclic amines) is 2. The van der Waals surface area contributed by atoms with Gasteiger partial charge in [0.2, 0.25) is 23.6 Å². The minimum Gasteiger partial charge on any atom is -0.488 e. The van der Waals surface area contributed by atoms with E-state index in [2.05, 4.69) is 39.3 Å². The van der Waals surface area contributed by atoms with E-state index in [9.17, 15) is 19.2 Å². The molecular weight excluding hydrogens is 845 g/mol. The summed E-state index contributed by atoms with van der Waals surface area (Å²) in [5.41, 5.74) is 8.63. The van der Waals surface area contributed by atoms with E-state index in [1.807, 2.05) is 86.4 Å². The zero-order valence-electron chi connectivity index (χ0n) is 38.7. The van der Waals surface area contributed by atoms with Crippen molar-refractivity contribution in [1.82, 2.24) is 40.4 Å².